The monoisotopic (exact) mass is 476 g/mol. The van der Waals surface area contributed by atoms with Crippen LogP contribution >= 0.6 is 0 Å². The van der Waals surface area contributed by atoms with Crippen LogP contribution in [0.5, 0.6) is 5.88 Å². The number of nitrogens with one attached hydrogen (secondary N) is 2. The summed E-state index contributed by atoms with van der Waals surface area (Å²) < 4.78 is 8.25. The number of likely N-dealkylation sites (N-methyl/N-ethyl adjacent to an activating group) is 1. The highest BCUT2D eigenvalue weighted by Gasteiger charge is 2.23. The summed E-state index contributed by atoms with van der Waals surface area (Å²) in [6, 6.07) is 1.91. The van der Waals surface area contributed by atoms with Crippen LogP contribution in [0.4, 0.5) is 0 Å². The van der Waals surface area contributed by atoms with E-state index in [1.165, 1.54) is 0 Å². The van der Waals surface area contributed by atoms with Gasteiger partial charge < -0.3 is 9.84 Å². The Morgan fingerprint density at radius 3 is 2.74 bits per heavy atom. The largest absolute Gasteiger partial charge is 0.472 e. The number of aliphatic hydroxyl groups excluding tert-OH is 1. The van der Waals surface area contributed by atoms with Crippen molar-refractivity contribution in [2.45, 2.75) is 53.3 Å². The highest BCUT2D eigenvalue weighted by Crippen LogP contribution is 2.34. The van der Waals surface area contributed by atoms with Gasteiger partial charge in [-0.15, -0.1) is 5.10 Å². The van der Waals surface area contributed by atoms with E-state index in [0.29, 0.717) is 19.0 Å². The number of aliphatic hydroxyl groups is 1. The number of hydrogen-bond donors (Lipinski definition) is 3. The number of rotatable bonds is 2. The normalized spacial score (nSPS) is 18.5. The van der Waals surface area contributed by atoms with E-state index in [9.17, 15) is 5.11 Å². The molecule has 0 spiro atoms. The molecule has 3 N–H and O–H groups in total. The summed E-state index contributed by atoms with van der Waals surface area (Å²) in [5, 5.41) is 30.8. The molecule has 2 unspecified atom stereocenters. The Balaban J connectivity index is 1.72. The van der Waals surface area contributed by atoms with Crippen LogP contribution in [-0.4, -0.2) is 71.5 Å². The Morgan fingerprint density at radius 2 is 1.97 bits per heavy atom. The summed E-state index contributed by atoms with van der Waals surface area (Å²) >= 11 is 0. The first-order chi connectivity index (χ1) is 16.8. The van der Waals surface area contributed by atoms with Gasteiger partial charge >= 0.3 is 0 Å². The lowest BCUT2D eigenvalue weighted by atomic mass is 10.1. The number of H-pyrrole nitrogens is 2. The topological polar surface area (TPSA) is 121 Å². The predicted molar refractivity (Wildman–Crippen MR) is 135 cm³/mol. The van der Waals surface area contributed by atoms with Crippen LogP contribution in [0.25, 0.3) is 34.3 Å². The highest BCUT2D eigenvalue weighted by molar-refractivity contribution is 5.93. The minimum Gasteiger partial charge on any atom is -0.472 e. The van der Waals surface area contributed by atoms with Gasteiger partial charge in [0, 0.05) is 29.7 Å². The van der Waals surface area contributed by atoms with Gasteiger partial charge in [0.05, 0.1) is 46.7 Å². The zero-order chi connectivity index (χ0) is 24.9. The molecule has 0 saturated heterocycles. The second-order valence-electron chi connectivity index (χ2n) is 9.54. The molecule has 0 saturated carbocycles. The van der Waals surface area contributed by atoms with Crippen molar-refractivity contribution in [2.24, 2.45) is 0 Å². The molecule has 4 aromatic rings. The molecule has 5 heterocycles. The van der Waals surface area contributed by atoms with E-state index < -0.39 is 0 Å². The molecule has 2 bridgehead atoms. The fraction of sp³-hybridized carbons (Fsp3) is 0.440. The first-order valence-electron chi connectivity index (χ1n) is 11.9. The second kappa shape index (κ2) is 8.94. The molecule has 0 amide bonds. The molecule has 1 aliphatic heterocycles. The molecule has 4 aromatic heterocycles. The molecule has 184 valence electrons. The second-order valence-corrected chi connectivity index (χ2v) is 9.54. The molecule has 10 heteroatoms. The quantitative estimate of drug-likeness (QED) is 0.405. The van der Waals surface area contributed by atoms with Gasteiger partial charge in [-0.1, -0.05) is 0 Å². The molecule has 0 radical (unpaired) electrons. The summed E-state index contributed by atoms with van der Waals surface area (Å²) in [6.45, 7) is 11.3. The fourth-order valence-corrected chi connectivity index (χ4v) is 4.82. The number of ether oxygens (including phenoxy) is 1. The van der Waals surface area contributed by atoms with Crippen molar-refractivity contribution in [3.63, 3.8) is 0 Å². The Hall–Kier alpha value is -3.50. The average molecular weight is 477 g/mol. The number of nitrogens with zero attached hydrogens (tertiary/aromatic N) is 6. The summed E-state index contributed by atoms with van der Waals surface area (Å²) in [4.78, 5) is 7.03. The van der Waals surface area contributed by atoms with Crippen molar-refractivity contribution in [1.82, 2.24) is 40.1 Å². The minimum absolute atomic E-state index is 0.0159. The van der Waals surface area contributed by atoms with Crippen LogP contribution in [0, 0.1) is 20.8 Å². The minimum atomic E-state index is -0.131. The number of fused-ring (bicyclic) bond motifs is 4. The summed E-state index contributed by atoms with van der Waals surface area (Å²) in [7, 11) is 2.06. The smallest absolute Gasteiger partial charge is 0.242 e. The third-order valence-corrected chi connectivity index (χ3v) is 6.55. The van der Waals surface area contributed by atoms with Gasteiger partial charge in [0.15, 0.2) is 0 Å². The zero-order valence-electron chi connectivity index (χ0n) is 21.0. The lowest BCUT2D eigenvalue weighted by Crippen LogP contribution is -2.32. The molecule has 0 fully saturated rings. The zero-order valence-corrected chi connectivity index (χ0v) is 21.0. The average Bonchev–Trinajstić information content (AvgIpc) is 3.47. The van der Waals surface area contributed by atoms with Crippen molar-refractivity contribution >= 4 is 23.1 Å². The van der Waals surface area contributed by atoms with Gasteiger partial charge in [-0.05, 0) is 59.9 Å². The first-order valence-corrected chi connectivity index (χ1v) is 11.9. The maximum atomic E-state index is 9.85. The van der Waals surface area contributed by atoms with Gasteiger partial charge in [-0.25, -0.2) is 0 Å². The number of aromatic nitrogens is 7. The number of aryl methyl sites for hydroxylation is 3. The van der Waals surface area contributed by atoms with E-state index in [0.717, 1.165) is 56.2 Å². The lowest BCUT2D eigenvalue weighted by molar-refractivity contribution is 0.150. The maximum absolute atomic E-state index is 9.85. The third-order valence-electron chi connectivity index (χ3n) is 6.55. The summed E-state index contributed by atoms with van der Waals surface area (Å²) in [5.41, 5.74) is 8.11. The molecule has 5 rings (SSSR count). The van der Waals surface area contributed by atoms with Gasteiger partial charge in [0.1, 0.15) is 11.6 Å². The van der Waals surface area contributed by atoms with E-state index >= 15 is 0 Å². The van der Waals surface area contributed by atoms with Crippen LogP contribution in [0.2, 0.25) is 0 Å². The Kier molecular flexibility index (Phi) is 5.94. The van der Waals surface area contributed by atoms with Crippen LogP contribution in [-0.2, 0) is 6.54 Å². The Labute approximate surface area is 204 Å². The van der Waals surface area contributed by atoms with Crippen molar-refractivity contribution in [3.8, 4) is 17.1 Å². The third kappa shape index (κ3) is 4.12. The van der Waals surface area contributed by atoms with Crippen molar-refractivity contribution in [3.05, 3.63) is 40.1 Å². The van der Waals surface area contributed by atoms with Gasteiger partial charge in [-0.2, -0.15) is 10.2 Å². The molecular weight excluding hydrogens is 444 g/mol. The van der Waals surface area contributed by atoms with Gasteiger partial charge in [0.25, 0.3) is 0 Å². The molecule has 35 heavy (non-hydrogen) atoms. The number of hydrogen-bond acceptors (Lipinski definition) is 7. The number of aromatic amines is 2. The van der Waals surface area contributed by atoms with Crippen LogP contribution in [0.15, 0.2) is 6.07 Å². The SMILES string of the molecule is Cc1nn(C(C)CO)c2c1/C=C/c1[nH]nc3c(C)nc(cc13)-c1c(n[nH]c1C)OC(C)CN(C)C2. The molecule has 2 atom stereocenters. The van der Waals surface area contributed by atoms with E-state index in [1.807, 2.05) is 51.4 Å². The standard InChI is InChI=1S/C25H32N8O2/c1-13(12-34)33-22-11-32(6)10-14(2)35-25-23(16(4)27-30-25)21-9-19-20(8-7-18(22)15(3)31-33)28-29-24(19)17(5)26-21/h7-9,13-14,34H,10-12H2,1-6H3,(H,27,30)(H,28,29)/b8-7+. The van der Waals surface area contributed by atoms with E-state index in [4.69, 9.17) is 14.8 Å². The molecule has 10 nitrogen and oxygen atoms in total. The molecule has 0 aliphatic carbocycles. The highest BCUT2D eigenvalue weighted by atomic mass is 16.5. The number of pyridine rings is 1. The first kappa shape index (κ1) is 23.3. The van der Waals surface area contributed by atoms with Crippen molar-refractivity contribution < 1.29 is 9.84 Å². The Morgan fingerprint density at radius 1 is 1.17 bits per heavy atom. The van der Waals surface area contributed by atoms with Gasteiger partial charge in [-0.3, -0.25) is 24.8 Å². The lowest BCUT2D eigenvalue weighted by Gasteiger charge is -2.23. The van der Waals surface area contributed by atoms with Crippen LogP contribution in [0.3, 0.4) is 0 Å². The molecule has 1 aliphatic rings. The summed E-state index contributed by atoms with van der Waals surface area (Å²) in [5.74, 6) is 0.542. The van der Waals surface area contributed by atoms with E-state index in [-0.39, 0.29) is 18.8 Å². The van der Waals surface area contributed by atoms with E-state index in [1.54, 1.807) is 0 Å². The van der Waals surface area contributed by atoms with E-state index in [2.05, 4.69) is 38.4 Å². The summed E-state index contributed by atoms with van der Waals surface area (Å²) in [6.07, 6.45) is 4.01. The fourth-order valence-electron chi connectivity index (χ4n) is 4.82. The molecular formula is C25H32N8O2. The van der Waals surface area contributed by atoms with Crippen molar-refractivity contribution in [2.75, 3.05) is 20.2 Å². The predicted octanol–water partition coefficient (Wildman–Crippen LogP) is 3.41. The maximum Gasteiger partial charge on any atom is 0.242 e. The van der Waals surface area contributed by atoms with Crippen LogP contribution in [0.1, 0.15) is 53.9 Å². The van der Waals surface area contributed by atoms with Crippen molar-refractivity contribution in [1.29, 1.82) is 0 Å². The van der Waals surface area contributed by atoms with Gasteiger partial charge in [0.2, 0.25) is 5.88 Å². The Bertz CT molecular complexity index is 1410. The molecule has 0 aromatic carbocycles. The van der Waals surface area contributed by atoms with Crippen LogP contribution < -0.4 is 4.74 Å².